The van der Waals surface area contributed by atoms with E-state index in [1.54, 1.807) is 32.2 Å². The standard InChI is InChI=1S/C20H21NO5/c1-11(2)10-25-15-6-5-13(8-16(15)24-4)14-9-18(22)26-17-7-12(3)21-20(23)19(14)17/h5-8,14H,1,9-10H2,2-4H3,(H,21,23)/t14-/m0/s1. The molecule has 1 aromatic carbocycles. The summed E-state index contributed by atoms with van der Waals surface area (Å²) in [5, 5.41) is 0. The van der Waals surface area contributed by atoms with E-state index in [1.165, 1.54) is 0 Å². The number of aryl methyl sites for hydroxylation is 1. The van der Waals surface area contributed by atoms with Gasteiger partial charge in [0.15, 0.2) is 11.5 Å². The van der Waals surface area contributed by atoms with Crippen LogP contribution >= 0.6 is 0 Å². The van der Waals surface area contributed by atoms with Crippen LogP contribution in [0, 0.1) is 6.92 Å². The molecule has 0 spiro atoms. The third-order valence-corrected chi connectivity index (χ3v) is 4.18. The summed E-state index contributed by atoms with van der Waals surface area (Å²) >= 11 is 0. The number of esters is 1. The maximum Gasteiger partial charge on any atom is 0.312 e. The number of benzene rings is 1. The minimum atomic E-state index is -0.403. The molecule has 26 heavy (non-hydrogen) atoms. The lowest BCUT2D eigenvalue weighted by atomic mass is 9.87. The summed E-state index contributed by atoms with van der Waals surface area (Å²) in [7, 11) is 1.55. The monoisotopic (exact) mass is 355 g/mol. The minimum Gasteiger partial charge on any atom is -0.493 e. The van der Waals surface area contributed by atoms with Crippen LogP contribution in [0.25, 0.3) is 0 Å². The van der Waals surface area contributed by atoms with Gasteiger partial charge in [0, 0.05) is 17.7 Å². The Bertz CT molecular complexity index is 928. The molecule has 0 saturated heterocycles. The number of pyridine rings is 1. The van der Waals surface area contributed by atoms with Crippen molar-refractivity contribution in [1.29, 1.82) is 0 Å². The first-order chi connectivity index (χ1) is 12.4. The molecule has 0 fully saturated rings. The lowest BCUT2D eigenvalue weighted by Crippen LogP contribution is -2.28. The summed E-state index contributed by atoms with van der Waals surface area (Å²) in [6.07, 6.45) is 0.0915. The molecule has 1 atom stereocenters. The van der Waals surface area contributed by atoms with Gasteiger partial charge in [0.25, 0.3) is 5.56 Å². The van der Waals surface area contributed by atoms with Crippen molar-refractivity contribution in [2.45, 2.75) is 26.2 Å². The van der Waals surface area contributed by atoms with E-state index >= 15 is 0 Å². The van der Waals surface area contributed by atoms with Gasteiger partial charge in [-0.2, -0.15) is 0 Å². The molecule has 0 aliphatic carbocycles. The molecular weight excluding hydrogens is 334 g/mol. The maximum atomic E-state index is 12.5. The van der Waals surface area contributed by atoms with E-state index in [9.17, 15) is 9.59 Å². The fourth-order valence-corrected chi connectivity index (χ4v) is 3.02. The van der Waals surface area contributed by atoms with Gasteiger partial charge in [-0.25, -0.2) is 0 Å². The van der Waals surface area contributed by atoms with Crippen molar-refractivity contribution in [2.24, 2.45) is 0 Å². The first-order valence-corrected chi connectivity index (χ1v) is 8.28. The number of ether oxygens (including phenoxy) is 3. The topological polar surface area (TPSA) is 77.6 Å². The van der Waals surface area contributed by atoms with Gasteiger partial charge < -0.3 is 19.2 Å². The molecule has 0 unspecified atom stereocenters. The van der Waals surface area contributed by atoms with Gasteiger partial charge in [0.05, 0.1) is 19.1 Å². The number of H-pyrrole nitrogens is 1. The highest BCUT2D eigenvalue weighted by Gasteiger charge is 2.32. The van der Waals surface area contributed by atoms with E-state index in [1.807, 2.05) is 13.0 Å². The fraction of sp³-hybridized carbons (Fsp3) is 0.300. The molecule has 1 aromatic heterocycles. The molecule has 6 nitrogen and oxygen atoms in total. The highest BCUT2D eigenvalue weighted by molar-refractivity contribution is 5.77. The van der Waals surface area contributed by atoms with Crippen molar-refractivity contribution in [3.8, 4) is 17.2 Å². The number of hydrogen-bond acceptors (Lipinski definition) is 5. The lowest BCUT2D eigenvalue weighted by Gasteiger charge is -2.24. The van der Waals surface area contributed by atoms with Crippen molar-refractivity contribution in [3.05, 3.63) is 63.6 Å². The van der Waals surface area contributed by atoms with E-state index < -0.39 is 5.92 Å². The molecule has 0 bridgehead atoms. The van der Waals surface area contributed by atoms with Crippen LogP contribution in [-0.4, -0.2) is 24.7 Å². The zero-order chi connectivity index (χ0) is 18.8. The molecule has 2 aromatic rings. The van der Waals surface area contributed by atoms with Gasteiger partial charge in [0.1, 0.15) is 12.4 Å². The number of methoxy groups -OCH3 is 1. The summed E-state index contributed by atoms with van der Waals surface area (Å²) in [6, 6.07) is 7.07. The molecule has 0 amide bonds. The molecular formula is C20H21NO5. The fourth-order valence-electron chi connectivity index (χ4n) is 3.02. The number of fused-ring (bicyclic) bond motifs is 1. The Hall–Kier alpha value is -3.02. The Labute approximate surface area is 151 Å². The molecule has 0 saturated carbocycles. The lowest BCUT2D eigenvalue weighted by molar-refractivity contribution is -0.135. The van der Waals surface area contributed by atoms with Crippen molar-refractivity contribution in [2.75, 3.05) is 13.7 Å². The Kier molecular flexibility index (Phi) is 4.84. The Balaban J connectivity index is 2.03. The van der Waals surface area contributed by atoms with Crippen LogP contribution in [-0.2, 0) is 4.79 Å². The Morgan fingerprint density at radius 1 is 1.31 bits per heavy atom. The number of hydrogen-bond donors (Lipinski definition) is 1. The number of aromatic amines is 1. The van der Waals surface area contributed by atoms with Gasteiger partial charge in [-0.1, -0.05) is 12.6 Å². The predicted molar refractivity (Wildman–Crippen MR) is 97.2 cm³/mol. The maximum absolute atomic E-state index is 12.5. The second-order valence-electron chi connectivity index (χ2n) is 6.45. The zero-order valence-corrected chi connectivity index (χ0v) is 15.0. The summed E-state index contributed by atoms with van der Waals surface area (Å²) in [5.41, 5.74) is 2.52. The van der Waals surface area contributed by atoms with Crippen LogP contribution in [0.3, 0.4) is 0 Å². The van der Waals surface area contributed by atoms with E-state index in [-0.39, 0.29) is 17.9 Å². The summed E-state index contributed by atoms with van der Waals surface area (Å²) in [5.74, 6) is 0.659. The van der Waals surface area contributed by atoms with Crippen molar-refractivity contribution in [1.82, 2.24) is 4.98 Å². The molecule has 1 aliphatic heterocycles. The SMILES string of the molecule is C=C(C)COc1ccc([C@@H]2CC(=O)Oc3cc(C)[nH]c(=O)c32)cc1OC. The molecule has 136 valence electrons. The Morgan fingerprint density at radius 3 is 2.77 bits per heavy atom. The largest absolute Gasteiger partial charge is 0.493 e. The number of carbonyl (C=O) groups is 1. The average molecular weight is 355 g/mol. The van der Waals surface area contributed by atoms with Crippen LogP contribution in [0.5, 0.6) is 17.2 Å². The second kappa shape index (κ2) is 7.07. The van der Waals surface area contributed by atoms with Crippen molar-refractivity contribution >= 4 is 5.97 Å². The van der Waals surface area contributed by atoms with Crippen LogP contribution in [0.1, 0.15) is 36.1 Å². The molecule has 3 rings (SSSR count). The zero-order valence-electron chi connectivity index (χ0n) is 15.0. The molecule has 0 radical (unpaired) electrons. The number of rotatable bonds is 5. The van der Waals surface area contributed by atoms with E-state index in [2.05, 4.69) is 11.6 Å². The van der Waals surface area contributed by atoms with Crippen LogP contribution in [0.2, 0.25) is 0 Å². The second-order valence-corrected chi connectivity index (χ2v) is 6.45. The van der Waals surface area contributed by atoms with Gasteiger partial charge in [-0.05, 0) is 37.1 Å². The highest BCUT2D eigenvalue weighted by atomic mass is 16.5. The Morgan fingerprint density at radius 2 is 2.08 bits per heavy atom. The van der Waals surface area contributed by atoms with E-state index in [0.717, 1.165) is 11.1 Å². The minimum absolute atomic E-state index is 0.0915. The van der Waals surface area contributed by atoms with E-state index in [4.69, 9.17) is 14.2 Å². The molecule has 1 N–H and O–H groups in total. The molecule has 6 heteroatoms. The summed E-state index contributed by atoms with van der Waals surface area (Å²) < 4.78 is 16.4. The third kappa shape index (κ3) is 3.49. The van der Waals surface area contributed by atoms with E-state index in [0.29, 0.717) is 35.1 Å². The van der Waals surface area contributed by atoms with Crippen LogP contribution in [0.15, 0.2) is 41.2 Å². The first-order valence-electron chi connectivity index (χ1n) is 8.28. The normalized spacial score (nSPS) is 15.8. The smallest absolute Gasteiger partial charge is 0.312 e. The first kappa shape index (κ1) is 17.8. The van der Waals surface area contributed by atoms with Gasteiger partial charge >= 0.3 is 5.97 Å². The van der Waals surface area contributed by atoms with Crippen molar-refractivity contribution in [3.63, 3.8) is 0 Å². The highest BCUT2D eigenvalue weighted by Crippen LogP contribution is 2.39. The van der Waals surface area contributed by atoms with Crippen LogP contribution < -0.4 is 19.8 Å². The number of aromatic nitrogens is 1. The molecule has 2 heterocycles. The third-order valence-electron chi connectivity index (χ3n) is 4.18. The summed E-state index contributed by atoms with van der Waals surface area (Å²) in [4.78, 5) is 27.3. The molecule has 1 aliphatic rings. The van der Waals surface area contributed by atoms with Gasteiger partial charge in [-0.15, -0.1) is 0 Å². The number of carbonyl (C=O) groups excluding carboxylic acids is 1. The quantitative estimate of drug-likeness (QED) is 0.659. The van der Waals surface area contributed by atoms with Crippen LogP contribution in [0.4, 0.5) is 0 Å². The summed E-state index contributed by atoms with van der Waals surface area (Å²) in [6.45, 7) is 7.81. The van der Waals surface area contributed by atoms with Gasteiger partial charge in [0.2, 0.25) is 0 Å². The van der Waals surface area contributed by atoms with Gasteiger partial charge in [-0.3, -0.25) is 9.59 Å². The number of nitrogens with one attached hydrogen (secondary N) is 1. The average Bonchev–Trinajstić information content (AvgIpc) is 2.58. The van der Waals surface area contributed by atoms with Crippen molar-refractivity contribution < 1.29 is 19.0 Å². The predicted octanol–water partition coefficient (Wildman–Crippen LogP) is 3.09.